The molecular formula is C31H43N3O8S2. The van der Waals surface area contributed by atoms with Gasteiger partial charge in [-0.2, -0.15) is 0 Å². The molecule has 3 amide bonds. The fraction of sp³-hybridized carbons (Fsp3) is 0.613. The number of aromatic carboxylic acids is 1. The van der Waals surface area contributed by atoms with Crippen molar-refractivity contribution < 1.29 is 38.5 Å². The highest BCUT2D eigenvalue weighted by atomic mass is 32.1. The first-order valence-electron chi connectivity index (χ1n) is 14.9. The Hall–Kier alpha value is -3.16. The molecule has 44 heavy (non-hydrogen) atoms. The minimum Gasteiger partial charge on any atom is -0.478 e. The maximum absolute atomic E-state index is 12.4. The maximum Gasteiger partial charge on any atom is 0.407 e. The smallest absolute Gasteiger partial charge is 0.407 e. The quantitative estimate of drug-likeness (QED) is 0.291. The van der Waals surface area contributed by atoms with Crippen LogP contribution in [0.4, 0.5) is 9.59 Å². The molecule has 3 aliphatic rings. The molecule has 0 spiro atoms. The van der Waals surface area contributed by atoms with Crippen molar-refractivity contribution in [3.8, 4) is 0 Å². The first-order valence-corrected chi connectivity index (χ1v) is 16.6. The normalized spacial score (nSPS) is 23.0. The molecule has 3 fully saturated rings. The molecule has 2 aliphatic carbocycles. The number of carboxylic acid groups (broad SMARTS) is 1. The van der Waals surface area contributed by atoms with Gasteiger partial charge in [-0.3, -0.25) is 4.79 Å². The van der Waals surface area contributed by atoms with Crippen LogP contribution in [-0.4, -0.2) is 71.7 Å². The molecule has 2 saturated carbocycles. The zero-order chi connectivity index (χ0) is 32.2. The minimum atomic E-state index is -0.917. The molecule has 242 valence electrons. The predicted octanol–water partition coefficient (Wildman–Crippen LogP) is 5.86. The fourth-order valence-electron chi connectivity index (χ4n) is 4.69. The van der Waals surface area contributed by atoms with Gasteiger partial charge >= 0.3 is 18.2 Å². The molecule has 2 unspecified atom stereocenters. The summed E-state index contributed by atoms with van der Waals surface area (Å²) in [7, 11) is 0. The summed E-state index contributed by atoms with van der Waals surface area (Å²) in [6.07, 6.45) is 2.66. The summed E-state index contributed by atoms with van der Waals surface area (Å²) in [5, 5.41) is 21.1. The minimum absolute atomic E-state index is 0.0216. The summed E-state index contributed by atoms with van der Waals surface area (Å²) in [5.74, 6) is -0.445. The van der Waals surface area contributed by atoms with Crippen molar-refractivity contribution in [3.63, 3.8) is 0 Å². The van der Waals surface area contributed by atoms with E-state index in [0.29, 0.717) is 24.3 Å². The van der Waals surface area contributed by atoms with Gasteiger partial charge in [-0.05, 0) is 79.4 Å². The molecule has 4 N–H and O–H groups in total. The first-order chi connectivity index (χ1) is 20.6. The first kappa shape index (κ1) is 33.7. The molecule has 1 aliphatic heterocycles. The fourth-order valence-corrected chi connectivity index (χ4v) is 6.82. The van der Waals surface area contributed by atoms with Crippen molar-refractivity contribution in [3.05, 3.63) is 43.8 Å². The molecule has 0 radical (unpaired) electrons. The van der Waals surface area contributed by atoms with Gasteiger partial charge in [0.1, 0.15) is 11.2 Å². The van der Waals surface area contributed by atoms with Crippen LogP contribution in [0.1, 0.15) is 110 Å². The van der Waals surface area contributed by atoms with Crippen LogP contribution in [0.2, 0.25) is 0 Å². The highest BCUT2D eigenvalue weighted by molar-refractivity contribution is 7.10. The second kappa shape index (κ2) is 13.9. The number of carbonyl (C=O) groups excluding carboxylic acids is 3. The van der Waals surface area contributed by atoms with Crippen LogP contribution in [0.5, 0.6) is 0 Å². The lowest BCUT2D eigenvalue weighted by molar-refractivity contribution is 0.0511. The monoisotopic (exact) mass is 649 g/mol. The molecule has 3 heterocycles. The standard InChI is InChI=1S/C18H26N2O4S.C13H17NO4S/c1-18(2,3)24-17(22)20-14-9-13(14)15-8-11(10-25-15)16(21)19-12-4-6-23-7-5-12;1-13(2,3)18-12(17)14-9-5-8(9)10-4-7(6-19-10)11(15)16/h8,10,12-14H,4-7,9H2,1-3H3,(H,19,21)(H,20,22);4,6,8-9H,5H2,1-3H3,(H,14,17)(H,15,16)/t;8-,9-/m.1/s1. The molecule has 4 atom stereocenters. The molecular weight excluding hydrogens is 606 g/mol. The van der Waals surface area contributed by atoms with E-state index in [1.807, 2.05) is 53.0 Å². The van der Waals surface area contributed by atoms with Crippen LogP contribution in [0.3, 0.4) is 0 Å². The van der Waals surface area contributed by atoms with Gasteiger partial charge in [-0.15, -0.1) is 22.7 Å². The molecule has 13 heteroatoms. The number of carbonyl (C=O) groups is 4. The van der Waals surface area contributed by atoms with Gasteiger partial charge in [0, 0.05) is 63.7 Å². The van der Waals surface area contributed by atoms with Gasteiger partial charge in [0.25, 0.3) is 5.91 Å². The number of nitrogens with one attached hydrogen (secondary N) is 3. The van der Waals surface area contributed by atoms with E-state index in [1.165, 1.54) is 11.3 Å². The third-order valence-electron chi connectivity index (χ3n) is 7.02. The Morgan fingerprint density at radius 1 is 0.773 bits per heavy atom. The average Bonchev–Trinajstić information content (AvgIpc) is 3.69. The van der Waals surface area contributed by atoms with E-state index < -0.39 is 23.3 Å². The number of ether oxygens (including phenoxy) is 3. The van der Waals surface area contributed by atoms with Crippen molar-refractivity contribution in [1.82, 2.24) is 16.0 Å². The molecule has 5 rings (SSSR count). The van der Waals surface area contributed by atoms with E-state index in [9.17, 15) is 19.2 Å². The molecule has 0 bridgehead atoms. The van der Waals surface area contributed by atoms with E-state index in [-0.39, 0.29) is 42.0 Å². The molecule has 11 nitrogen and oxygen atoms in total. The largest absolute Gasteiger partial charge is 0.478 e. The zero-order valence-electron chi connectivity index (χ0n) is 26.1. The number of rotatable bonds is 7. The van der Waals surface area contributed by atoms with Gasteiger partial charge in [0.05, 0.1) is 11.1 Å². The predicted molar refractivity (Wildman–Crippen MR) is 168 cm³/mol. The summed E-state index contributed by atoms with van der Waals surface area (Å²) < 4.78 is 15.8. The molecule has 0 aromatic carbocycles. The van der Waals surface area contributed by atoms with E-state index in [2.05, 4.69) is 16.0 Å². The van der Waals surface area contributed by atoms with Gasteiger partial charge in [-0.25, -0.2) is 14.4 Å². The van der Waals surface area contributed by atoms with Gasteiger partial charge < -0.3 is 35.3 Å². The van der Waals surface area contributed by atoms with E-state index in [1.54, 1.807) is 22.8 Å². The lowest BCUT2D eigenvalue weighted by atomic mass is 10.1. The number of thiophene rings is 2. The Labute approximate surface area is 266 Å². The molecule has 2 aromatic rings. The summed E-state index contributed by atoms with van der Waals surface area (Å²) in [6.45, 7) is 12.4. The van der Waals surface area contributed by atoms with Crippen molar-refractivity contribution in [2.75, 3.05) is 13.2 Å². The van der Waals surface area contributed by atoms with Crippen molar-refractivity contribution >= 4 is 46.7 Å². The van der Waals surface area contributed by atoms with Crippen LogP contribution in [0.15, 0.2) is 22.9 Å². The van der Waals surface area contributed by atoms with Gasteiger partial charge in [-0.1, -0.05) is 0 Å². The van der Waals surface area contributed by atoms with Crippen molar-refractivity contribution in [2.45, 2.75) is 108 Å². The molecule has 1 saturated heterocycles. The molecule has 2 aromatic heterocycles. The Bertz CT molecular complexity index is 1340. The van der Waals surface area contributed by atoms with Crippen LogP contribution in [0, 0.1) is 0 Å². The zero-order valence-corrected chi connectivity index (χ0v) is 27.7. The summed E-state index contributed by atoms with van der Waals surface area (Å²) in [4.78, 5) is 48.7. The summed E-state index contributed by atoms with van der Waals surface area (Å²) >= 11 is 3.00. The Balaban J connectivity index is 0.000000209. The lowest BCUT2D eigenvalue weighted by Gasteiger charge is -2.22. The van der Waals surface area contributed by atoms with Gasteiger partial charge in [0.15, 0.2) is 0 Å². The maximum atomic E-state index is 12.4. The topological polar surface area (TPSA) is 152 Å². The lowest BCUT2D eigenvalue weighted by Crippen LogP contribution is -2.38. The van der Waals surface area contributed by atoms with Crippen LogP contribution in [-0.2, 0) is 14.2 Å². The SMILES string of the molecule is CC(C)(C)OC(=O)NC1CC1c1cc(C(=O)NC2CCOCC2)cs1.CC(C)(C)OC(=O)N[C@@H]1C[C@H]1c1cc(C(=O)O)cs1. The van der Waals surface area contributed by atoms with E-state index >= 15 is 0 Å². The highest BCUT2D eigenvalue weighted by Crippen LogP contribution is 2.44. The summed E-state index contributed by atoms with van der Waals surface area (Å²) in [5.41, 5.74) is 0.0121. The number of hydrogen-bond donors (Lipinski definition) is 4. The van der Waals surface area contributed by atoms with Crippen molar-refractivity contribution in [2.24, 2.45) is 0 Å². The third-order valence-corrected chi connectivity index (χ3v) is 9.15. The Kier molecular flexibility index (Phi) is 10.6. The Morgan fingerprint density at radius 3 is 1.66 bits per heavy atom. The number of amides is 3. The average molecular weight is 650 g/mol. The van der Waals surface area contributed by atoms with Crippen LogP contribution < -0.4 is 16.0 Å². The van der Waals surface area contributed by atoms with Crippen molar-refractivity contribution in [1.29, 1.82) is 0 Å². The summed E-state index contributed by atoms with van der Waals surface area (Å²) in [6, 6.07) is 3.97. The second-order valence-corrected chi connectivity index (χ2v) is 15.2. The second-order valence-electron chi connectivity index (χ2n) is 13.3. The third kappa shape index (κ3) is 10.5. The van der Waals surface area contributed by atoms with E-state index in [0.717, 1.165) is 35.4 Å². The highest BCUT2D eigenvalue weighted by Gasteiger charge is 2.42. The Morgan fingerprint density at radius 2 is 1.23 bits per heavy atom. The number of carboxylic acids is 1. The number of hydrogen-bond acceptors (Lipinski definition) is 9. The van der Waals surface area contributed by atoms with Gasteiger partial charge in [0.2, 0.25) is 0 Å². The van der Waals surface area contributed by atoms with Crippen LogP contribution in [0.25, 0.3) is 0 Å². The van der Waals surface area contributed by atoms with E-state index in [4.69, 9.17) is 19.3 Å². The van der Waals surface area contributed by atoms with Crippen LogP contribution >= 0.6 is 22.7 Å². The number of alkyl carbamates (subject to hydrolysis) is 2.